The van der Waals surface area contributed by atoms with Gasteiger partial charge in [-0.1, -0.05) is 30.0 Å². The van der Waals surface area contributed by atoms with Gasteiger partial charge in [-0.2, -0.15) is 0 Å². The molecule has 13 heteroatoms. The van der Waals surface area contributed by atoms with E-state index in [0.29, 0.717) is 56.9 Å². The average Bonchev–Trinajstić information content (AvgIpc) is 3.74. The third kappa shape index (κ3) is 6.17. The van der Waals surface area contributed by atoms with Crippen molar-refractivity contribution in [1.29, 1.82) is 0 Å². The van der Waals surface area contributed by atoms with Crippen molar-refractivity contribution in [3.05, 3.63) is 112 Å². The molecule has 2 amide bonds. The molecular weight excluding hydrogens is 615 g/mol. The summed E-state index contributed by atoms with van der Waals surface area (Å²) in [5.41, 5.74) is 2.60. The second kappa shape index (κ2) is 12.4. The number of hydrogen-bond donors (Lipinski definition) is 2. The molecule has 0 radical (unpaired) electrons. The molecule has 2 aliphatic rings. The van der Waals surface area contributed by atoms with Crippen molar-refractivity contribution in [1.82, 2.24) is 14.9 Å². The van der Waals surface area contributed by atoms with E-state index in [-0.39, 0.29) is 43.3 Å². The van der Waals surface area contributed by atoms with E-state index < -0.39 is 5.82 Å². The van der Waals surface area contributed by atoms with Crippen molar-refractivity contribution < 1.29 is 32.9 Å². The molecule has 7 rings (SSSR count). The number of fused-ring (bicyclic) bond motifs is 3. The molecule has 1 aromatic heterocycles. The third-order valence-corrected chi connectivity index (χ3v) is 8.30. The Kier molecular flexibility index (Phi) is 7.89. The van der Waals surface area contributed by atoms with E-state index in [0.717, 1.165) is 22.9 Å². The lowest BCUT2D eigenvalue weighted by atomic mass is 10.1. The number of nitrogens with zero attached hydrogens (tertiary/aromatic N) is 2. The first kappa shape index (κ1) is 29.2. The van der Waals surface area contributed by atoms with Crippen LogP contribution in [0.3, 0.4) is 0 Å². The Morgan fingerprint density at radius 2 is 1.50 bits per heavy atom. The molecule has 2 N–H and O–H groups in total. The number of thioether (sulfide) groups is 1. The van der Waals surface area contributed by atoms with Crippen LogP contribution in [0.1, 0.15) is 21.5 Å². The van der Waals surface area contributed by atoms with Crippen molar-refractivity contribution in [3.63, 3.8) is 0 Å². The molecule has 5 aromatic rings. The normalized spacial score (nSPS) is 12.7. The second-order valence-corrected chi connectivity index (χ2v) is 11.4. The fourth-order valence-corrected chi connectivity index (χ4v) is 5.78. The van der Waals surface area contributed by atoms with Crippen LogP contribution in [-0.4, -0.2) is 40.7 Å². The molecule has 46 heavy (non-hydrogen) atoms. The van der Waals surface area contributed by atoms with Crippen molar-refractivity contribution in [2.24, 2.45) is 0 Å². The number of ether oxygens (including phenoxy) is 4. The summed E-state index contributed by atoms with van der Waals surface area (Å²) >= 11 is 1.09. The maximum absolute atomic E-state index is 13.8. The van der Waals surface area contributed by atoms with E-state index in [1.807, 2.05) is 12.1 Å². The Balaban J connectivity index is 1.09. The highest BCUT2D eigenvalue weighted by atomic mass is 32.2. The Labute approximate surface area is 265 Å². The molecule has 3 heterocycles. The zero-order valence-corrected chi connectivity index (χ0v) is 24.9. The smallest absolute Gasteiger partial charge is 0.262 e. The van der Waals surface area contributed by atoms with Gasteiger partial charge in [0, 0.05) is 23.9 Å². The van der Waals surface area contributed by atoms with Gasteiger partial charge in [0.15, 0.2) is 28.2 Å². The molecule has 0 spiro atoms. The molecule has 232 valence electrons. The van der Waals surface area contributed by atoms with Crippen molar-refractivity contribution >= 4 is 40.2 Å². The average molecular weight is 641 g/mol. The first-order valence-electron chi connectivity index (χ1n) is 14.2. The van der Waals surface area contributed by atoms with Crippen molar-refractivity contribution in [3.8, 4) is 23.0 Å². The lowest BCUT2D eigenvalue weighted by molar-refractivity contribution is -0.113. The number of anilines is 1. The van der Waals surface area contributed by atoms with Crippen LogP contribution in [0.5, 0.6) is 23.0 Å². The van der Waals surface area contributed by atoms with E-state index >= 15 is 0 Å². The molecule has 0 aliphatic carbocycles. The molecule has 11 nitrogen and oxygen atoms in total. The molecule has 0 unspecified atom stereocenters. The Hall–Kier alpha value is -5.56. The molecule has 0 saturated carbocycles. The number of carbonyl (C=O) groups is 2. The van der Waals surface area contributed by atoms with Crippen LogP contribution in [0.4, 0.5) is 10.1 Å². The van der Waals surface area contributed by atoms with Gasteiger partial charge in [0.1, 0.15) is 5.82 Å². The largest absolute Gasteiger partial charge is 0.454 e. The molecule has 4 aromatic carbocycles. The minimum absolute atomic E-state index is 0.0433. The number of amides is 2. The first-order chi connectivity index (χ1) is 22.4. The van der Waals surface area contributed by atoms with Crippen LogP contribution in [0, 0.1) is 5.82 Å². The summed E-state index contributed by atoms with van der Waals surface area (Å²) in [5.74, 6) is 1.18. The highest BCUT2D eigenvalue weighted by molar-refractivity contribution is 7.99. The van der Waals surface area contributed by atoms with Gasteiger partial charge in [0.05, 0.1) is 23.2 Å². The van der Waals surface area contributed by atoms with Crippen molar-refractivity contribution in [2.45, 2.75) is 18.2 Å². The highest BCUT2D eigenvalue weighted by Gasteiger charge is 2.20. The van der Waals surface area contributed by atoms with Gasteiger partial charge in [-0.3, -0.25) is 19.0 Å². The third-order valence-electron chi connectivity index (χ3n) is 7.32. The van der Waals surface area contributed by atoms with Crippen LogP contribution >= 0.6 is 11.8 Å². The number of benzene rings is 4. The summed E-state index contributed by atoms with van der Waals surface area (Å²) in [7, 11) is 0. The monoisotopic (exact) mass is 640 g/mol. The molecule has 0 bridgehead atoms. The van der Waals surface area contributed by atoms with Gasteiger partial charge in [-0.05, 0) is 65.7 Å². The zero-order chi connectivity index (χ0) is 31.6. The van der Waals surface area contributed by atoms with Crippen LogP contribution in [0.2, 0.25) is 0 Å². The fraction of sp³-hybridized carbons (Fsp3) is 0.152. The highest BCUT2D eigenvalue weighted by Crippen LogP contribution is 2.35. The van der Waals surface area contributed by atoms with Gasteiger partial charge in [-0.15, -0.1) is 0 Å². The second-order valence-electron chi connectivity index (χ2n) is 10.4. The number of aromatic nitrogens is 2. The maximum Gasteiger partial charge on any atom is 0.262 e. The Morgan fingerprint density at radius 3 is 2.26 bits per heavy atom. The van der Waals surface area contributed by atoms with Crippen LogP contribution < -0.4 is 35.1 Å². The van der Waals surface area contributed by atoms with E-state index in [2.05, 4.69) is 10.6 Å². The van der Waals surface area contributed by atoms with E-state index in [9.17, 15) is 18.8 Å². The SMILES string of the molecule is O=C(CSc1nc2cc3c(cc2c(=O)n1Cc1ccc(C(=O)NCc2ccc4c(c2)OCO4)cc1)OCO3)Nc1ccc(F)cc1. The van der Waals surface area contributed by atoms with E-state index in [1.165, 1.54) is 28.8 Å². The zero-order valence-electron chi connectivity index (χ0n) is 24.1. The van der Waals surface area contributed by atoms with Gasteiger partial charge in [0.2, 0.25) is 19.5 Å². The van der Waals surface area contributed by atoms with E-state index in [4.69, 9.17) is 23.9 Å². The van der Waals surface area contributed by atoms with E-state index in [1.54, 1.807) is 42.5 Å². The lowest BCUT2D eigenvalue weighted by Gasteiger charge is -2.14. The van der Waals surface area contributed by atoms with Crippen LogP contribution in [-0.2, 0) is 17.9 Å². The molecule has 0 atom stereocenters. The predicted molar refractivity (Wildman–Crippen MR) is 167 cm³/mol. The summed E-state index contributed by atoms with van der Waals surface area (Å²) in [6.45, 7) is 0.666. The number of halogens is 1. The number of rotatable bonds is 9. The number of hydrogen-bond acceptors (Lipinski definition) is 9. The van der Waals surface area contributed by atoms with Gasteiger partial charge in [0.25, 0.3) is 11.5 Å². The topological polar surface area (TPSA) is 130 Å². The summed E-state index contributed by atoms with van der Waals surface area (Å²) in [4.78, 5) is 44.0. The summed E-state index contributed by atoms with van der Waals surface area (Å²) < 4.78 is 36.4. The maximum atomic E-state index is 13.8. The Bertz CT molecular complexity index is 2030. The Morgan fingerprint density at radius 1 is 0.826 bits per heavy atom. The summed E-state index contributed by atoms with van der Waals surface area (Å²) in [5, 5.41) is 6.27. The van der Waals surface area contributed by atoms with Gasteiger partial charge in [-0.25, -0.2) is 9.37 Å². The minimum Gasteiger partial charge on any atom is -0.454 e. The lowest BCUT2D eigenvalue weighted by Crippen LogP contribution is -2.25. The van der Waals surface area contributed by atoms with Crippen LogP contribution in [0.15, 0.2) is 88.8 Å². The summed E-state index contributed by atoms with van der Waals surface area (Å²) in [6.07, 6.45) is 0. The number of carbonyl (C=O) groups excluding carboxylic acids is 2. The quantitative estimate of drug-likeness (QED) is 0.174. The molecule has 0 fully saturated rings. The van der Waals surface area contributed by atoms with Crippen molar-refractivity contribution in [2.75, 3.05) is 24.7 Å². The minimum atomic E-state index is -0.410. The molecule has 0 saturated heterocycles. The first-order valence-corrected chi connectivity index (χ1v) is 15.2. The standard InChI is InChI=1S/C33H25FN4O7S/c34-22-6-8-23(9-7-22)36-30(39)16-46-33-37-25-13-29-28(44-18-45-29)12-24(25)32(41)38(33)15-19-1-4-21(5-2-19)31(40)35-14-20-3-10-26-27(11-20)43-17-42-26/h1-13H,14-18H2,(H,35,40)(H,36,39). The molecule has 2 aliphatic heterocycles. The van der Waals surface area contributed by atoms with Gasteiger partial charge >= 0.3 is 0 Å². The molecular formula is C33H25FN4O7S. The fourth-order valence-electron chi connectivity index (χ4n) is 4.98. The van der Waals surface area contributed by atoms with Gasteiger partial charge < -0.3 is 29.6 Å². The predicted octanol–water partition coefficient (Wildman–Crippen LogP) is 4.70. The number of nitrogens with one attached hydrogen (secondary N) is 2. The van der Waals surface area contributed by atoms with Crippen LogP contribution in [0.25, 0.3) is 10.9 Å². The summed E-state index contributed by atoms with van der Waals surface area (Å²) in [6, 6.07) is 21.1.